The molecule has 88 valence electrons. The van der Waals surface area contributed by atoms with E-state index in [0.717, 1.165) is 36.6 Å². The van der Waals surface area contributed by atoms with Crippen LogP contribution in [0.4, 0.5) is 0 Å². The first kappa shape index (κ1) is 11.9. The van der Waals surface area contributed by atoms with Crippen LogP contribution < -0.4 is 0 Å². The number of ether oxygens (including phenoxy) is 1. The molecule has 1 aromatic heterocycles. The van der Waals surface area contributed by atoms with Crippen LogP contribution in [-0.2, 0) is 4.74 Å². The van der Waals surface area contributed by atoms with Gasteiger partial charge in [0.05, 0.1) is 11.1 Å². The van der Waals surface area contributed by atoms with Crippen molar-refractivity contribution in [3.63, 3.8) is 0 Å². The van der Waals surface area contributed by atoms with Crippen molar-refractivity contribution >= 4 is 11.8 Å². The SMILES string of the molecule is C[C@H](O)c1ccc(SC2CCOCC2)nc1. The molecule has 1 aromatic rings. The fraction of sp³-hybridized carbons (Fsp3) is 0.583. The molecule has 3 nitrogen and oxygen atoms in total. The maximum absolute atomic E-state index is 9.37. The predicted molar refractivity (Wildman–Crippen MR) is 64.6 cm³/mol. The van der Waals surface area contributed by atoms with Crippen molar-refractivity contribution in [2.75, 3.05) is 13.2 Å². The molecule has 0 aliphatic carbocycles. The van der Waals surface area contributed by atoms with E-state index < -0.39 is 6.10 Å². The Kier molecular flexibility index (Phi) is 4.21. The van der Waals surface area contributed by atoms with E-state index in [0.29, 0.717) is 5.25 Å². The molecule has 2 heterocycles. The topological polar surface area (TPSA) is 42.4 Å². The highest BCUT2D eigenvalue weighted by atomic mass is 32.2. The third-order valence-electron chi connectivity index (χ3n) is 2.70. The van der Waals surface area contributed by atoms with Gasteiger partial charge in [0.2, 0.25) is 0 Å². The van der Waals surface area contributed by atoms with Crippen molar-refractivity contribution in [3.05, 3.63) is 23.9 Å². The number of nitrogens with zero attached hydrogens (tertiary/aromatic N) is 1. The second-order valence-electron chi connectivity index (χ2n) is 4.04. The highest BCUT2D eigenvalue weighted by Crippen LogP contribution is 2.28. The van der Waals surface area contributed by atoms with Crippen LogP contribution in [0.3, 0.4) is 0 Å². The molecule has 1 N–H and O–H groups in total. The summed E-state index contributed by atoms with van der Waals surface area (Å²) in [5, 5.41) is 11.0. The van der Waals surface area contributed by atoms with Crippen LogP contribution in [0.25, 0.3) is 0 Å². The molecule has 16 heavy (non-hydrogen) atoms. The average Bonchev–Trinajstić information content (AvgIpc) is 2.31. The molecule has 0 bridgehead atoms. The van der Waals surface area contributed by atoms with Crippen LogP contribution in [0, 0.1) is 0 Å². The largest absolute Gasteiger partial charge is 0.389 e. The van der Waals surface area contributed by atoms with Gasteiger partial charge in [0.15, 0.2) is 0 Å². The highest BCUT2D eigenvalue weighted by Gasteiger charge is 2.15. The van der Waals surface area contributed by atoms with E-state index in [9.17, 15) is 5.11 Å². The van der Waals surface area contributed by atoms with Crippen LogP contribution in [0.5, 0.6) is 0 Å². The lowest BCUT2D eigenvalue weighted by Crippen LogP contribution is -2.17. The lowest BCUT2D eigenvalue weighted by molar-refractivity contribution is 0.1000. The summed E-state index contributed by atoms with van der Waals surface area (Å²) < 4.78 is 5.32. The molecule has 1 saturated heterocycles. The molecule has 4 heteroatoms. The average molecular weight is 239 g/mol. The van der Waals surface area contributed by atoms with Crippen LogP contribution >= 0.6 is 11.8 Å². The second kappa shape index (κ2) is 5.66. The van der Waals surface area contributed by atoms with Gasteiger partial charge in [-0.2, -0.15) is 0 Å². The molecule has 1 atom stereocenters. The summed E-state index contributed by atoms with van der Waals surface area (Å²) in [5.41, 5.74) is 0.872. The zero-order valence-corrected chi connectivity index (χ0v) is 10.2. The number of aliphatic hydroxyl groups excluding tert-OH is 1. The first-order valence-electron chi connectivity index (χ1n) is 5.64. The summed E-state index contributed by atoms with van der Waals surface area (Å²) in [7, 11) is 0. The van der Waals surface area contributed by atoms with Crippen molar-refractivity contribution in [1.82, 2.24) is 4.98 Å². The fourth-order valence-electron chi connectivity index (χ4n) is 1.67. The first-order valence-corrected chi connectivity index (χ1v) is 6.52. The number of thioether (sulfide) groups is 1. The molecular weight excluding hydrogens is 222 g/mol. The first-order chi connectivity index (χ1) is 7.75. The van der Waals surface area contributed by atoms with Crippen molar-refractivity contribution in [3.8, 4) is 0 Å². The minimum atomic E-state index is -0.436. The Balaban J connectivity index is 1.93. The van der Waals surface area contributed by atoms with Gasteiger partial charge in [-0.25, -0.2) is 4.98 Å². The molecule has 1 fully saturated rings. The molecule has 2 rings (SSSR count). The Morgan fingerprint density at radius 3 is 2.75 bits per heavy atom. The van der Waals surface area contributed by atoms with Crippen LogP contribution in [0.2, 0.25) is 0 Å². The van der Waals surface area contributed by atoms with Gasteiger partial charge in [-0.05, 0) is 31.4 Å². The molecule has 0 unspecified atom stereocenters. The summed E-state index contributed by atoms with van der Waals surface area (Å²) in [5.74, 6) is 0. The molecule has 1 aliphatic rings. The van der Waals surface area contributed by atoms with Crippen LogP contribution in [-0.4, -0.2) is 28.6 Å². The van der Waals surface area contributed by atoms with E-state index in [2.05, 4.69) is 4.98 Å². The zero-order chi connectivity index (χ0) is 11.4. The summed E-state index contributed by atoms with van der Waals surface area (Å²) in [4.78, 5) is 4.36. The van der Waals surface area contributed by atoms with Crippen LogP contribution in [0.15, 0.2) is 23.4 Å². The Morgan fingerprint density at radius 1 is 1.44 bits per heavy atom. The standard InChI is InChI=1S/C12H17NO2S/c1-9(14)10-2-3-12(13-8-10)16-11-4-6-15-7-5-11/h2-3,8-9,11,14H,4-7H2,1H3/t9-/m0/s1. The van der Waals surface area contributed by atoms with E-state index in [1.54, 1.807) is 13.1 Å². The van der Waals surface area contributed by atoms with E-state index >= 15 is 0 Å². The number of aromatic nitrogens is 1. The summed E-state index contributed by atoms with van der Waals surface area (Å²) in [6.45, 7) is 3.48. The van der Waals surface area contributed by atoms with Gasteiger partial charge in [-0.3, -0.25) is 0 Å². The normalized spacial score (nSPS) is 19.6. The van der Waals surface area contributed by atoms with Crippen molar-refractivity contribution in [1.29, 1.82) is 0 Å². The molecule has 0 aromatic carbocycles. The fourth-order valence-corrected chi connectivity index (χ4v) is 2.70. The highest BCUT2D eigenvalue weighted by molar-refractivity contribution is 7.99. The third kappa shape index (κ3) is 3.20. The Morgan fingerprint density at radius 2 is 2.19 bits per heavy atom. The van der Waals surface area contributed by atoms with Gasteiger partial charge in [0, 0.05) is 24.7 Å². The lowest BCUT2D eigenvalue weighted by atomic mass is 10.2. The van der Waals surface area contributed by atoms with Gasteiger partial charge < -0.3 is 9.84 Å². The number of hydrogen-bond donors (Lipinski definition) is 1. The maximum Gasteiger partial charge on any atom is 0.0962 e. The van der Waals surface area contributed by atoms with E-state index in [-0.39, 0.29) is 0 Å². The van der Waals surface area contributed by atoms with E-state index in [1.165, 1.54) is 0 Å². The minimum Gasteiger partial charge on any atom is -0.389 e. The predicted octanol–water partition coefficient (Wildman–Crippen LogP) is 2.41. The van der Waals surface area contributed by atoms with Gasteiger partial charge in [-0.1, -0.05) is 6.07 Å². The Bertz CT molecular complexity index is 320. The monoisotopic (exact) mass is 239 g/mol. The van der Waals surface area contributed by atoms with Gasteiger partial charge >= 0.3 is 0 Å². The lowest BCUT2D eigenvalue weighted by Gasteiger charge is -2.20. The zero-order valence-electron chi connectivity index (χ0n) is 9.43. The molecule has 0 spiro atoms. The maximum atomic E-state index is 9.37. The van der Waals surface area contributed by atoms with Crippen LogP contribution in [0.1, 0.15) is 31.4 Å². The molecule has 0 radical (unpaired) electrons. The Hall–Kier alpha value is -0.580. The minimum absolute atomic E-state index is 0.436. The number of hydrogen-bond acceptors (Lipinski definition) is 4. The summed E-state index contributed by atoms with van der Waals surface area (Å²) in [6.07, 6.45) is 3.52. The number of pyridine rings is 1. The van der Waals surface area contributed by atoms with Crippen molar-refractivity contribution < 1.29 is 9.84 Å². The summed E-state index contributed by atoms with van der Waals surface area (Å²) >= 11 is 1.81. The van der Waals surface area contributed by atoms with Gasteiger partial charge in [0.1, 0.15) is 0 Å². The molecule has 0 amide bonds. The van der Waals surface area contributed by atoms with Gasteiger partial charge in [0.25, 0.3) is 0 Å². The number of aliphatic hydroxyl groups is 1. The Labute approximate surface area is 100 Å². The molecule has 1 aliphatic heterocycles. The molecular formula is C12H17NO2S. The van der Waals surface area contributed by atoms with Crippen molar-refractivity contribution in [2.45, 2.75) is 36.1 Å². The van der Waals surface area contributed by atoms with Gasteiger partial charge in [-0.15, -0.1) is 11.8 Å². The summed E-state index contributed by atoms with van der Waals surface area (Å²) in [6, 6.07) is 3.93. The van der Waals surface area contributed by atoms with E-state index in [4.69, 9.17) is 4.74 Å². The quantitative estimate of drug-likeness (QED) is 0.879. The third-order valence-corrected chi connectivity index (χ3v) is 3.99. The molecule has 0 saturated carbocycles. The number of rotatable bonds is 3. The smallest absolute Gasteiger partial charge is 0.0962 e. The van der Waals surface area contributed by atoms with E-state index in [1.807, 2.05) is 23.9 Å². The second-order valence-corrected chi connectivity index (χ2v) is 5.36. The van der Waals surface area contributed by atoms with Crippen molar-refractivity contribution in [2.24, 2.45) is 0 Å².